The lowest BCUT2D eigenvalue weighted by molar-refractivity contribution is -0.121. The maximum absolute atomic E-state index is 12.9. The lowest BCUT2D eigenvalue weighted by Crippen LogP contribution is -2.37. The number of nitrogens with zero attached hydrogens (tertiary/aromatic N) is 1. The highest BCUT2D eigenvalue weighted by Crippen LogP contribution is 2.22. The standard InChI is InChI=1S/C20H26N2O/c1-4-16-12-14-18(15-13-16)21-20(23)19(22(5-2)6-3)17-10-8-7-9-11-17/h7-15,19H,4-6H2,1-3H3,(H,21,23). The number of anilines is 1. The van der Waals surface area contributed by atoms with Crippen molar-refractivity contribution >= 4 is 11.6 Å². The SMILES string of the molecule is CCc1ccc(NC(=O)C(c2ccccc2)N(CC)CC)cc1. The van der Waals surface area contributed by atoms with Crippen LogP contribution in [-0.4, -0.2) is 23.9 Å². The third-order valence-corrected chi connectivity index (χ3v) is 4.17. The van der Waals surface area contributed by atoms with E-state index in [9.17, 15) is 4.79 Å². The van der Waals surface area contributed by atoms with E-state index in [1.807, 2.05) is 42.5 Å². The number of carbonyl (C=O) groups excluding carboxylic acids is 1. The normalized spacial score (nSPS) is 12.2. The molecule has 2 aromatic carbocycles. The monoisotopic (exact) mass is 310 g/mol. The van der Waals surface area contributed by atoms with Gasteiger partial charge in [-0.25, -0.2) is 0 Å². The third kappa shape index (κ3) is 4.42. The van der Waals surface area contributed by atoms with Crippen LogP contribution in [0.1, 0.15) is 37.9 Å². The molecular weight excluding hydrogens is 284 g/mol. The van der Waals surface area contributed by atoms with Crippen molar-refractivity contribution < 1.29 is 4.79 Å². The van der Waals surface area contributed by atoms with E-state index in [2.05, 4.69) is 43.1 Å². The van der Waals surface area contributed by atoms with Gasteiger partial charge in [-0.15, -0.1) is 0 Å². The maximum atomic E-state index is 12.9. The predicted octanol–water partition coefficient (Wildman–Crippen LogP) is 4.27. The molecule has 3 nitrogen and oxygen atoms in total. The molecule has 23 heavy (non-hydrogen) atoms. The maximum Gasteiger partial charge on any atom is 0.246 e. The Hall–Kier alpha value is -2.13. The van der Waals surface area contributed by atoms with Crippen molar-refractivity contribution in [3.05, 3.63) is 65.7 Å². The van der Waals surface area contributed by atoms with Crippen LogP contribution in [0.2, 0.25) is 0 Å². The van der Waals surface area contributed by atoms with E-state index in [0.29, 0.717) is 0 Å². The highest BCUT2D eigenvalue weighted by Gasteiger charge is 2.25. The summed E-state index contributed by atoms with van der Waals surface area (Å²) in [5.74, 6) is 0.0177. The largest absolute Gasteiger partial charge is 0.324 e. The molecule has 0 aliphatic carbocycles. The first-order valence-electron chi connectivity index (χ1n) is 8.38. The fourth-order valence-electron chi connectivity index (χ4n) is 2.79. The topological polar surface area (TPSA) is 32.3 Å². The van der Waals surface area contributed by atoms with Crippen LogP contribution in [0.4, 0.5) is 5.69 Å². The van der Waals surface area contributed by atoms with Gasteiger partial charge in [-0.2, -0.15) is 0 Å². The van der Waals surface area contributed by atoms with Crippen LogP contribution in [0, 0.1) is 0 Å². The minimum atomic E-state index is -0.267. The van der Waals surface area contributed by atoms with Gasteiger partial charge in [0.1, 0.15) is 6.04 Å². The fourth-order valence-corrected chi connectivity index (χ4v) is 2.79. The van der Waals surface area contributed by atoms with Crippen molar-refractivity contribution in [3.63, 3.8) is 0 Å². The molecule has 2 rings (SSSR count). The van der Waals surface area contributed by atoms with Crippen molar-refractivity contribution in [1.29, 1.82) is 0 Å². The number of carbonyl (C=O) groups is 1. The molecule has 2 aromatic rings. The number of benzene rings is 2. The summed E-state index contributed by atoms with van der Waals surface area (Å²) in [7, 11) is 0. The quantitative estimate of drug-likeness (QED) is 0.828. The van der Waals surface area contributed by atoms with Gasteiger partial charge in [-0.05, 0) is 42.8 Å². The van der Waals surface area contributed by atoms with Crippen LogP contribution < -0.4 is 5.32 Å². The van der Waals surface area contributed by atoms with E-state index < -0.39 is 0 Å². The lowest BCUT2D eigenvalue weighted by Gasteiger charge is -2.29. The summed E-state index contributed by atoms with van der Waals surface area (Å²) >= 11 is 0. The van der Waals surface area contributed by atoms with Crippen LogP contribution >= 0.6 is 0 Å². The van der Waals surface area contributed by atoms with Gasteiger partial charge in [-0.1, -0.05) is 63.2 Å². The Kier molecular flexibility index (Phi) is 6.36. The molecule has 1 atom stereocenters. The van der Waals surface area contributed by atoms with Gasteiger partial charge in [0.25, 0.3) is 0 Å². The molecule has 0 bridgehead atoms. The minimum Gasteiger partial charge on any atom is -0.324 e. The molecule has 0 radical (unpaired) electrons. The van der Waals surface area contributed by atoms with Crippen molar-refractivity contribution in [2.45, 2.75) is 33.2 Å². The van der Waals surface area contributed by atoms with Gasteiger partial charge in [0, 0.05) is 5.69 Å². The molecule has 1 amide bonds. The second-order valence-electron chi connectivity index (χ2n) is 5.57. The van der Waals surface area contributed by atoms with Crippen LogP contribution in [0.5, 0.6) is 0 Å². The van der Waals surface area contributed by atoms with E-state index in [1.165, 1.54) is 5.56 Å². The second kappa shape index (κ2) is 8.49. The molecule has 1 unspecified atom stereocenters. The number of nitrogens with one attached hydrogen (secondary N) is 1. The zero-order valence-corrected chi connectivity index (χ0v) is 14.3. The van der Waals surface area contributed by atoms with Crippen molar-refractivity contribution in [2.24, 2.45) is 0 Å². The smallest absolute Gasteiger partial charge is 0.246 e. The van der Waals surface area contributed by atoms with Gasteiger partial charge >= 0.3 is 0 Å². The Morgan fingerprint density at radius 1 is 0.957 bits per heavy atom. The van der Waals surface area contributed by atoms with E-state index in [0.717, 1.165) is 30.8 Å². The molecule has 0 saturated heterocycles. The molecule has 0 saturated carbocycles. The third-order valence-electron chi connectivity index (χ3n) is 4.17. The number of hydrogen-bond acceptors (Lipinski definition) is 2. The van der Waals surface area contributed by atoms with Crippen LogP contribution in [-0.2, 0) is 11.2 Å². The fraction of sp³-hybridized carbons (Fsp3) is 0.350. The number of rotatable bonds is 7. The number of likely N-dealkylation sites (N-methyl/N-ethyl adjacent to an activating group) is 1. The molecule has 0 aromatic heterocycles. The summed E-state index contributed by atoms with van der Waals surface area (Å²) in [6.45, 7) is 7.96. The average molecular weight is 310 g/mol. The van der Waals surface area contributed by atoms with Crippen molar-refractivity contribution in [1.82, 2.24) is 4.90 Å². The van der Waals surface area contributed by atoms with Crippen LogP contribution in [0.25, 0.3) is 0 Å². The van der Waals surface area contributed by atoms with E-state index in [-0.39, 0.29) is 11.9 Å². The molecule has 0 fully saturated rings. The molecule has 0 heterocycles. The van der Waals surface area contributed by atoms with Crippen molar-refractivity contribution in [2.75, 3.05) is 18.4 Å². The number of aryl methyl sites for hydroxylation is 1. The summed E-state index contributed by atoms with van der Waals surface area (Å²) in [4.78, 5) is 15.0. The van der Waals surface area contributed by atoms with Gasteiger partial charge in [0.05, 0.1) is 0 Å². The molecule has 0 aliphatic rings. The van der Waals surface area contributed by atoms with Gasteiger partial charge < -0.3 is 5.32 Å². The molecule has 1 N–H and O–H groups in total. The summed E-state index contributed by atoms with van der Waals surface area (Å²) in [6.07, 6.45) is 1.00. The number of hydrogen-bond donors (Lipinski definition) is 1. The van der Waals surface area contributed by atoms with Gasteiger partial charge in [-0.3, -0.25) is 9.69 Å². The Morgan fingerprint density at radius 2 is 1.57 bits per heavy atom. The zero-order valence-electron chi connectivity index (χ0n) is 14.3. The molecule has 0 aliphatic heterocycles. The minimum absolute atomic E-state index is 0.0177. The highest BCUT2D eigenvalue weighted by molar-refractivity contribution is 5.95. The zero-order chi connectivity index (χ0) is 16.7. The highest BCUT2D eigenvalue weighted by atomic mass is 16.2. The summed E-state index contributed by atoms with van der Waals surface area (Å²) in [6, 6.07) is 17.8. The second-order valence-corrected chi connectivity index (χ2v) is 5.57. The van der Waals surface area contributed by atoms with Crippen LogP contribution in [0.3, 0.4) is 0 Å². The van der Waals surface area contributed by atoms with E-state index >= 15 is 0 Å². The van der Waals surface area contributed by atoms with Crippen LogP contribution in [0.15, 0.2) is 54.6 Å². The van der Waals surface area contributed by atoms with Gasteiger partial charge in [0.2, 0.25) is 5.91 Å². The molecule has 3 heteroatoms. The Morgan fingerprint density at radius 3 is 2.09 bits per heavy atom. The molecule has 0 spiro atoms. The molecule has 122 valence electrons. The Bertz CT molecular complexity index is 603. The first kappa shape index (κ1) is 17.2. The average Bonchev–Trinajstić information content (AvgIpc) is 2.60. The Labute approximate surface area is 139 Å². The number of amides is 1. The first-order valence-corrected chi connectivity index (χ1v) is 8.38. The summed E-state index contributed by atoms with van der Waals surface area (Å²) in [5, 5.41) is 3.06. The lowest BCUT2D eigenvalue weighted by atomic mass is 10.0. The van der Waals surface area contributed by atoms with Gasteiger partial charge in [0.15, 0.2) is 0 Å². The first-order chi connectivity index (χ1) is 11.2. The summed E-state index contributed by atoms with van der Waals surface area (Å²) in [5.41, 5.74) is 3.14. The Balaban J connectivity index is 2.22. The van der Waals surface area contributed by atoms with E-state index in [1.54, 1.807) is 0 Å². The summed E-state index contributed by atoms with van der Waals surface area (Å²) < 4.78 is 0. The molecular formula is C20H26N2O. The predicted molar refractivity (Wildman–Crippen MR) is 96.6 cm³/mol. The van der Waals surface area contributed by atoms with Crippen molar-refractivity contribution in [3.8, 4) is 0 Å². The van der Waals surface area contributed by atoms with E-state index in [4.69, 9.17) is 0 Å².